The first-order valence-corrected chi connectivity index (χ1v) is 6.41. The van der Waals surface area contributed by atoms with Gasteiger partial charge >= 0.3 is 6.61 Å². The zero-order chi connectivity index (χ0) is 14.9. The third kappa shape index (κ3) is 3.14. The molecule has 2 aromatic rings. The van der Waals surface area contributed by atoms with Crippen LogP contribution in [0.25, 0.3) is 11.1 Å². The minimum Gasteiger partial charge on any atom is -0.432 e. The lowest BCUT2D eigenvalue weighted by molar-refractivity contribution is -0.0521. The van der Waals surface area contributed by atoms with E-state index in [0.29, 0.717) is 11.1 Å². The number of hydrogen-bond acceptors (Lipinski definition) is 1. The van der Waals surface area contributed by atoms with Gasteiger partial charge in [-0.3, -0.25) is 0 Å². The Bertz CT molecular complexity index is 647. The van der Waals surface area contributed by atoms with E-state index in [9.17, 15) is 13.2 Å². The average molecular weight is 342 g/mol. The lowest BCUT2D eigenvalue weighted by Crippen LogP contribution is -2.03. The summed E-state index contributed by atoms with van der Waals surface area (Å²) in [6, 6.07) is 6.55. The van der Waals surface area contributed by atoms with Gasteiger partial charge in [0.15, 0.2) is 11.6 Å². The zero-order valence-electron chi connectivity index (χ0n) is 9.64. The predicted molar refractivity (Wildman–Crippen MR) is 73.5 cm³/mol. The highest BCUT2D eigenvalue weighted by molar-refractivity contribution is 6.49. The Hall–Kier alpha value is -1.10. The van der Waals surface area contributed by atoms with E-state index in [1.54, 1.807) is 6.07 Å². The van der Waals surface area contributed by atoms with E-state index in [1.807, 2.05) is 0 Å². The maximum absolute atomic E-state index is 13.4. The van der Waals surface area contributed by atoms with Crippen molar-refractivity contribution < 1.29 is 17.9 Å². The first kappa shape index (κ1) is 15.3. The molecule has 0 amide bonds. The highest BCUT2D eigenvalue weighted by Crippen LogP contribution is 2.39. The zero-order valence-corrected chi connectivity index (χ0v) is 11.9. The van der Waals surface area contributed by atoms with Crippen molar-refractivity contribution in [3.05, 3.63) is 51.2 Å². The molecule has 0 N–H and O–H groups in total. The van der Waals surface area contributed by atoms with E-state index in [-0.39, 0.29) is 15.1 Å². The quantitative estimate of drug-likeness (QED) is 0.617. The summed E-state index contributed by atoms with van der Waals surface area (Å²) in [4.78, 5) is 0. The van der Waals surface area contributed by atoms with E-state index in [0.717, 1.165) is 12.1 Å². The second-order valence-corrected chi connectivity index (χ2v) is 4.91. The van der Waals surface area contributed by atoms with Crippen LogP contribution in [0.15, 0.2) is 30.3 Å². The molecule has 20 heavy (non-hydrogen) atoms. The van der Waals surface area contributed by atoms with Crippen molar-refractivity contribution in [3.8, 4) is 16.9 Å². The Kier molecular flexibility index (Phi) is 4.68. The van der Waals surface area contributed by atoms with Gasteiger partial charge in [-0.2, -0.15) is 8.78 Å². The summed E-state index contributed by atoms with van der Waals surface area (Å²) in [6.45, 7) is -3.12. The number of halogens is 6. The van der Waals surface area contributed by atoms with Gasteiger partial charge in [0.05, 0.1) is 15.1 Å². The van der Waals surface area contributed by atoms with Crippen molar-refractivity contribution in [2.75, 3.05) is 0 Å². The minimum atomic E-state index is -3.12. The van der Waals surface area contributed by atoms with Crippen LogP contribution in [-0.2, 0) is 0 Å². The highest BCUT2D eigenvalue weighted by atomic mass is 35.5. The van der Waals surface area contributed by atoms with Crippen LogP contribution in [0.4, 0.5) is 13.2 Å². The van der Waals surface area contributed by atoms with E-state index in [4.69, 9.17) is 34.8 Å². The Morgan fingerprint density at radius 3 is 2.30 bits per heavy atom. The van der Waals surface area contributed by atoms with Crippen LogP contribution in [0.1, 0.15) is 0 Å². The summed E-state index contributed by atoms with van der Waals surface area (Å²) in [7, 11) is 0. The summed E-state index contributed by atoms with van der Waals surface area (Å²) in [6.07, 6.45) is 0. The molecule has 0 radical (unpaired) electrons. The topological polar surface area (TPSA) is 9.23 Å². The van der Waals surface area contributed by atoms with E-state index in [1.165, 1.54) is 12.1 Å². The Morgan fingerprint density at radius 1 is 0.950 bits per heavy atom. The van der Waals surface area contributed by atoms with Crippen molar-refractivity contribution in [2.24, 2.45) is 0 Å². The average Bonchev–Trinajstić information content (AvgIpc) is 2.39. The smallest absolute Gasteiger partial charge is 0.387 e. The molecule has 0 aromatic heterocycles. The van der Waals surface area contributed by atoms with Crippen LogP contribution in [0, 0.1) is 5.82 Å². The van der Waals surface area contributed by atoms with Gasteiger partial charge in [0.1, 0.15) is 0 Å². The fourth-order valence-corrected chi connectivity index (χ4v) is 2.25. The molecule has 106 valence electrons. The molecule has 0 fully saturated rings. The predicted octanol–water partition coefficient (Wildman–Crippen LogP) is 6.05. The molecule has 1 nitrogen and oxygen atoms in total. The third-order valence-corrected chi connectivity index (χ3v) is 3.79. The maximum atomic E-state index is 13.4. The van der Waals surface area contributed by atoms with Gasteiger partial charge in [-0.25, -0.2) is 4.39 Å². The molecule has 0 bridgehead atoms. The molecule has 0 heterocycles. The van der Waals surface area contributed by atoms with Crippen molar-refractivity contribution in [3.63, 3.8) is 0 Å². The normalized spacial score (nSPS) is 10.9. The molecule has 0 atom stereocenters. The first-order chi connectivity index (χ1) is 9.40. The van der Waals surface area contributed by atoms with Gasteiger partial charge in [0.25, 0.3) is 0 Å². The molecular formula is C13H6Cl3F3O. The second-order valence-electron chi connectivity index (χ2n) is 3.75. The first-order valence-electron chi connectivity index (χ1n) is 5.28. The molecule has 0 aliphatic carbocycles. The van der Waals surface area contributed by atoms with Crippen LogP contribution in [-0.4, -0.2) is 6.61 Å². The van der Waals surface area contributed by atoms with Crippen LogP contribution in [0.5, 0.6) is 5.75 Å². The molecular weight excluding hydrogens is 335 g/mol. The summed E-state index contributed by atoms with van der Waals surface area (Å²) >= 11 is 17.7. The Balaban J connectivity index is 2.51. The van der Waals surface area contributed by atoms with E-state index < -0.39 is 18.2 Å². The van der Waals surface area contributed by atoms with E-state index in [2.05, 4.69) is 4.74 Å². The Labute approximate surface area is 127 Å². The van der Waals surface area contributed by atoms with Gasteiger partial charge in [-0.1, -0.05) is 46.9 Å². The standard InChI is InChI=1S/C13H6Cl3F3O/c14-8-3-2-7(11(15)12(8)16)6-1-4-9(17)10(5-6)20-13(18)19/h1-5,13H. The molecule has 7 heteroatoms. The molecule has 2 rings (SSSR count). The number of benzene rings is 2. The van der Waals surface area contributed by atoms with Gasteiger partial charge < -0.3 is 4.74 Å². The summed E-state index contributed by atoms with van der Waals surface area (Å²) in [5.41, 5.74) is 0.811. The van der Waals surface area contributed by atoms with Gasteiger partial charge in [-0.15, -0.1) is 0 Å². The van der Waals surface area contributed by atoms with Crippen molar-refractivity contribution in [1.29, 1.82) is 0 Å². The maximum Gasteiger partial charge on any atom is 0.387 e. The molecule has 0 unspecified atom stereocenters. The molecule has 2 aromatic carbocycles. The van der Waals surface area contributed by atoms with Crippen LogP contribution in [0.2, 0.25) is 15.1 Å². The van der Waals surface area contributed by atoms with Gasteiger partial charge in [-0.05, 0) is 23.8 Å². The number of rotatable bonds is 3. The minimum absolute atomic E-state index is 0.131. The summed E-state index contributed by atoms with van der Waals surface area (Å²) in [5.74, 6) is -1.47. The fraction of sp³-hybridized carbons (Fsp3) is 0.0769. The highest BCUT2D eigenvalue weighted by Gasteiger charge is 2.15. The molecule has 0 aliphatic rings. The van der Waals surface area contributed by atoms with Crippen molar-refractivity contribution in [1.82, 2.24) is 0 Å². The molecule has 0 saturated heterocycles. The third-order valence-electron chi connectivity index (χ3n) is 2.49. The van der Waals surface area contributed by atoms with Crippen LogP contribution < -0.4 is 4.74 Å². The van der Waals surface area contributed by atoms with E-state index >= 15 is 0 Å². The molecule has 0 aliphatic heterocycles. The lowest BCUT2D eigenvalue weighted by atomic mass is 10.1. The summed E-state index contributed by atoms with van der Waals surface area (Å²) < 4.78 is 41.8. The summed E-state index contributed by atoms with van der Waals surface area (Å²) in [5, 5.41) is 0.534. The number of alkyl halides is 2. The molecule has 0 spiro atoms. The van der Waals surface area contributed by atoms with Crippen molar-refractivity contribution in [2.45, 2.75) is 6.61 Å². The number of hydrogen-bond donors (Lipinski definition) is 0. The fourth-order valence-electron chi connectivity index (χ4n) is 1.61. The Morgan fingerprint density at radius 2 is 1.65 bits per heavy atom. The lowest BCUT2D eigenvalue weighted by Gasteiger charge is -2.10. The van der Waals surface area contributed by atoms with Crippen LogP contribution >= 0.6 is 34.8 Å². The SMILES string of the molecule is Fc1ccc(-c2ccc(Cl)c(Cl)c2Cl)cc1OC(F)F. The second kappa shape index (κ2) is 6.12. The van der Waals surface area contributed by atoms with Crippen LogP contribution in [0.3, 0.4) is 0 Å². The van der Waals surface area contributed by atoms with Crippen molar-refractivity contribution >= 4 is 34.8 Å². The number of ether oxygens (including phenoxy) is 1. The molecule has 0 saturated carbocycles. The van der Waals surface area contributed by atoms with Gasteiger partial charge in [0, 0.05) is 5.56 Å². The monoisotopic (exact) mass is 340 g/mol. The van der Waals surface area contributed by atoms with Gasteiger partial charge in [0.2, 0.25) is 0 Å². The largest absolute Gasteiger partial charge is 0.432 e.